The summed E-state index contributed by atoms with van der Waals surface area (Å²) >= 11 is 5.82. The first-order valence-electron chi connectivity index (χ1n) is 7.63. The number of hydrogen-bond donors (Lipinski definition) is 0. The number of alkyl halides is 3. The Bertz CT molecular complexity index is 864. The maximum Gasteiger partial charge on any atom is 0.431 e. The van der Waals surface area contributed by atoms with Crippen LogP contribution in [0.4, 0.5) is 17.6 Å². The number of nitrogens with zero attached hydrogens (tertiary/aromatic N) is 4. The first-order chi connectivity index (χ1) is 12.2. The van der Waals surface area contributed by atoms with Crippen molar-refractivity contribution in [3.05, 3.63) is 46.4 Å². The van der Waals surface area contributed by atoms with Gasteiger partial charge in [0, 0.05) is 24.4 Å². The Labute approximate surface area is 151 Å². The molecule has 0 saturated heterocycles. The predicted molar refractivity (Wildman–Crippen MR) is 94.0 cm³/mol. The summed E-state index contributed by atoms with van der Waals surface area (Å²) in [7, 11) is 0. The van der Waals surface area contributed by atoms with Crippen LogP contribution >= 0.6 is 11.6 Å². The van der Waals surface area contributed by atoms with Crippen LogP contribution in [0, 0.1) is 5.82 Å². The number of aliphatic imine (C=N–C) groups is 2. The lowest BCUT2D eigenvalue weighted by Gasteiger charge is -2.11. The highest BCUT2D eigenvalue weighted by Gasteiger charge is 2.44. The average molecular weight is 385 g/mol. The van der Waals surface area contributed by atoms with Gasteiger partial charge in [0.05, 0.1) is 16.3 Å². The van der Waals surface area contributed by atoms with Crippen LogP contribution in [0.25, 0.3) is 0 Å². The number of allylic oxidation sites excluding steroid dienone is 1. The van der Waals surface area contributed by atoms with Crippen molar-refractivity contribution in [3.63, 3.8) is 0 Å². The molecule has 2 aliphatic rings. The third kappa shape index (κ3) is 3.75. The van der Waals surface area contributed by atoms with Gasteiger partial charge in [-0.25, -0.2) is 4.39 Å². The number of hydrogen-bond acceptors (Lipinski definition) is 4. The summed E-state index contributed by atoms with van der Waals surface area (Å²) < 4.78 is 51.5. The molecule has 9 heteroatoms. The molecule has 0 radical (unpaired) electrons. The highest BCUT2D eigenvalue weighted by molar-refractivity contribution is 6.30. The zero-order valence-electron chi connectivity index (χ0n) is 13.4. The molecule has 1 aromatic carbocycles. The summed E-state index contributed by atoms with van der Waals surface area (Å²) in [6.45, 7) is 3.32. The molecule has 1 aliphatic heterocycles. The Balaban J connectivity index is 1.80. The fourth-order valence-corrected chi connectivity index (χ4v) is 2.72. The van der Waals surface area contributed by atoms with Crippen molar-refractivity contribution in [2.45, 2.75) is 31.0 Å². The lowest BCUT2D eigenvalue weighted by atomic mass is 10.0. The first-order valence-corrected chi connectivity index (χ1v) is 8.01. The lowest BCUT2D eigenvalue weighted by Crippen LogP contribution is -2.23. The van der Waals surface area contributed by atoms with Crippen molar-refractivity contribution < 1.29 is 17.6 Å². The zero-order chi connectivity index (χ0) is 18.9. The highest BCUT2D eigenvalue weighted by Crippen LogP contribution is 2.50. The smallest absolute Gasteiger partial charge is 0.281 e. The topological polar surface area (TPSA) is 49.4 Å². The summed E-state index contributed by atoms with van der Waals surface area (Å²) in [4.78, 5) is 8.08. The van der Waals surface area contributed by atoms with Crippen LogP contribution in [-0.2, 0) is 5.54 Å². The van der Waals surface area contributed by atoms with E-state index in [0.29, 0.717) is 5.57 Å². The Morgan fingerprint density at radius 3 is 2.54 bits per heavy atom. The second kappa shape index (κ2) is 6.75. The van der Waals surface area contributed by atoms with Crippen molar-refractivity contribution in [1.82, 2.24) is 0 Å². The van der Waals surface area contributed by atoms with Crippen molar-refractivity contribution in [2.24, 2.45) is 20.2 Å². The Morgan fingerprint density at radius 2 is 2.00 bits per heavy atom. The highest BCUT2D eigenvalue weighted by atomic mass is 35.5. The van der Waals surface area contributed by atoms with E-state index in [9.17, 15) is 17.6 Å². The van der Waals surface area contributed by atoms with E-state index in [1.165, 1.54) is 24.5 Å². The lowest BCUT2D eigenvalue weighted by molar-refractivity contribution is -0.0596. The van der Waals surface area contributed by atoms with E-state index in [1.54, 1.807) is 6.07 Å². The summed E-state index contributed by atoms with van der Waals surface area (Å²) in [6, 6.07) is 4.37. The van der Waals surface area contributed by atoms with E-state index in [-0.39, 0.29) is 10.7 Å². The quantitative estimate of drug-likeness (QED) is 0.513. The van der Waals surface area contributed by atoms with Crippen LogP contribution in [0.2, 0.25) is 5.02 Å². The van der Waals surface area contributed by atoms with E-state index >= 15 is 0 Å². The van der Waals surface area contributed by atoms with Gasteiger partial charge in [0.1, 0.15) is 11.5 Å². The number of benzene rings is 1. The maximum absolute atomic E-state index is 13.3. The Morgan fingerprint density at radius 1 is 1.27 bits per heavy atom. The molecule has 0 bridgehead atoms. The first kappa shape index (κ1) is 18.4. The van der Waals surface area contributed by atoms with Crippen LogP contribution in [0.3, 0.4) is 0 Å². The average Bonchev–Trinajstić information content (AvgIpc) is 3.19. The molecular formula is C17H13ClF4N4. The molecule has 0 atom stereocenters. The monoisotopic (exact) mass is 384 g/mol. The minimum atomic E-state index is -4.53. The van der Waals surface area contributed by atoms with Gasteiger partial charge in [-0.05, 0) is 37.3 Å². The van der Waals surface area contributed by atoms with Crippen LogP contribution in [0.15, 0.2) is 50.2 Å². The second-order valence-corrected chi connectivity index (χ2v) is 6.36. The van der Waals surface area contributed by atoms with Crippen molar-refractivity contribution in [2.75, 3.05) is 0 Å². The van der Waals surface area contributed by atoms with Gasteiger partial charge in [0.2, 0.25) is 0 Å². The molecule has 0 aromatic heterocycles. The van der Waals surface area contributed by atoms with Crippen LogP contribution < -0.4 is 0 Å². The summed E-state index contributed by atoms with van der Waals surface area (Å²) in [5, 5.41) is 6.77. The van der Waals surface area contributed by atoms with Gasteiger partial charge >= 0.3 is 6.18 Å². The van der Waals surface area contributed by atoms with Crippen LogP contribution in [0.1, 0.15) is 24.8 Å². The van der Waals surface area contributed by atoms with Gasteiger partial charge in [-0.2, -0.15) is 18.3 Å². The molecule has 0 unspecified atom stereocenters. The third-order valence-electron chi connectivity index (χ3n) is 4.15. The van der Waals surface area contributed by atoms with Gasteiger partial charge in [-0.15, -0.1) is 5.10 Å². The van der Waals surface area contributed by atoms with Crippen molar-refractivity contribution >= 4 is 36.0 Å². The van der Waals surface area contributed by atoms with E-state index in [4.69, 9.17) is 11.6 Å². The van der Waals surface area contributed by atoms with Crippen LogP contribution in [-0.4, -0.2) is 30.5 Å². The normalized spacial score (nSPS) is 19.5. The van der Waals surface area contributed by atoms with Gasteiger partial charge < -0.3 is 0 Å². The molecule has 1 fully saturated rings. The molecule has 0 N–H and O–H groups in total. The maximum atomic E-state index is 13.3. The fraction of sp³-hybridized carbons (Fsp3) is 0.294. The van der Waals surface area contributed by atoms with Gasteiger partial charge in [-0.1, -0.05) is 17.7 Å². The SMILES string of the molecule is C=N/C=C(\C=NC1(c2ccc(F)c(Cl)c2)CC1)C1=NN=C(C(F)(F)F)C1. The van der Waals surface area contributed by atoms with Crippen molar-refractivity contribution in [3.8, 4) is 0 Å². The van der Waals surface area contributed by atoms with E-state index < -0.39 is 29.7 Å². The van der Waals surface area contributed by atoms with Gasteiger partial charge in [0.25, 0.3) is 0 Å². The second-order valence-electron chi connectivity index (χ2n) is 5.95. The molecule has 0 spiro atoms. The van der Waals surface area contributed by atoms with Gasteiger partial charge in [0.15, 0.2) is 0 Å². The van der Waals surface area contributed by atoms with E-state index in [1.807, 2.05) is 0 Å². The third-order valence-corrected chi connectivity index (χ3v) is 4.44. The predicted octanol–water partition coefficient (Wildman–Crippen LogP) is 4.89. The minimum Gasteiger partial charge on any atom is -0.281 e. The molecule has 0 amide bonds. The van der Waals surface area contributed by atoms with Crippen LogP contribution in [0.5, 0.6) is 0 Å². The standard InChI is InChI=1S/C17H13ClF4N4/c1-23-8-10(14-7-15(26-25-14)17(20,21)22)9-24-16(4-5-16)11-2-3-13(19)12(18)6-11/h2-3,6,8-9H,1,4-5,7H2/b10-8+,24-9?. The summed E-state index contributed by atoms with van der Waals surface area (Å²) in [5.41, 5.74) is -0.386. The molecule has 1 heterocycles. The Hall–Kier alpha value is -2.35. The molecule has 1 aromatic rings. The molecule has 4 nitrogen and oxygen atoms in total. The Kier molecular flexibility index (Phi) is 4.79. The molecule has 26 heavy (non-hydrogen) atoms. The molecule has 1 aliphatic carbocycles. The minimum absolute atomic E-state index is 0.00381. The fourth-order valence-electron chi connectivity index (χ4n) is 2.54. The largest absolute Gasteiger partial charge is 0.431 e. The summed E-state index contributed by atoms with van der Waals surface area (Å²) in [5.74, 6) is -0.524. The molecule has 3 rings (SSSR count). The summed E-state index contributed by atoms with van der Waals surface area (Å²) in [6.07, 6.45) is -0.852. The number of rotatable bonds is 5. The van der Waals surface area contributed by atoms with Crippen molar-refractivity contribution in [1.29, 1.82) is 0 Å². The van der Waals surface area contributed by atoms with Gasteiger partial charge in [-0.3, -0.25) is 9.98 Å². The van der Waals surface area contributed by atoms with E-state index in [2.05, 4.69) is 26.9 Å². The zero-order valence-corrected chi connectivity index (χ0v) is 14.1. The molecule has 1 saturated carbocycles. The molecular weight excluding hydrogens is 372 g/mol. The molecule has 136 valence electrons. The van der Waals surface area contributed by atoms with E-state index in [0.717, 1.165) is 18.4 Å². The number of halogens is 5.